The van der Waals surface area contributed by atoms with Gasteiger partial charge in [-0.3, -0.25) is 4.79 Å². The second kappa shape index (κ2) is 7.50. The Labute approximate surface area is 131 Å². The third-order valence-corrected chi connectivity index (χ3v) is 3.50. The Hall–Kier alpha value is -2.49. The number of rotatable bonds is 6. The maximum atomic E-state index is 12.3. The SMILES string of the molecule is CCc1ccc(N[C@H](C)C(=O)Nc2ccccc2OC)cc1. The standard InChI is InChI=1S/C18H22N2O2/c1-4-14-9-11-15(12-10-14)19-13(2)18(21)20-16-7-5-6-8-17(16)22-3/h5-13,19H,4H2,1-3H3,(H,20,21)/t13-/m1/s1. The zero-order chi connectivity index (χ0) is 15.9. The molecular weight excluding hydrogens is 276 g/mol. The van der Waals surface area contributed by atoms with Crippen LogP contribution in [0, 0.1) is 0 Å². The van der Waals surface area contributed by atoms with Gasteiger partial charge in [-0.05, 0) is 43.2 Å². The van der Waals surface area contributed by atoms with Crippen LogP contribution in [0.5, 0.6) is 5.75 Å². The van der Waals surface area contributed by atoms with E-state index in [1.165, 1.54) is 5.56 Å². The third-order valence-electron chi connectivity index (χ3n) is 3.50. The molecule has 2 aromatic carbocycles. The molecule has 0 heterocycles. The van der Waals surface area contributed by atoms with Crippen molar-refractivity contribution in [2.24, 2.45) is 0 Å². The first-order valence-electron chi connectivity index (χ1n) is 7.43. The molecule has 116 valence electrons. The minimum Gasteiger partial charge on any atom is -0.495 e. The summed E-state index contributed by atoms with van der Waals surface area (Å²) in [5.74, 6) is 0.541. The van der Waals surface area contributed by atoms with Crippen LogP contribution in [0.4, 0.5) is 11.4 Å². The zero-order valence-electron chi connectivity index (χ0n) is 13.2. The van der Waals surface area contributed by atoms with Crippen molar-refractivity contribution >= 4 is 17.3 Å². The molecule has 2 N–H and O–H groups in total. The molecular formula is C18H22N2O2. The summed E-state index contributed by atoms with van der Waals surface area (Å²) in [6, 6.07) is 15.1. The molecule has 0 radical (unpaired) electrons. The molecule has 0 aromatic heterocycles. The maximum Gasteiger partial charge on any atom is 0.246 e. The van der Waals surface area contributed by atoms with Crippen molar-refractivity contribution in [3.8, 4) is 5.75 Å². The minimum absolute atomic E-state index is 0.107. The fourth-order valence-electron chi connectivity index (χ4n) is 2.14. The van der Waals surface area contributed by atoms with Gasteiger partial charge in [0.15, 0.2) is 0 Å². The number of hydrogen-bond acceptors (Lipinski definition) is 3. The average Bonchev–Trinajstić information content (AvgIpc) is 2.56. The Morgan fingerprint density at radius 1 is 1.14 bits per heavy atom. The summed E-state index contributed by atoms with van der Waals surface area (Å²) < 4.78 is 5.23. The molecule has 0 fully saturated rings. The summed E-state index contributed by atoms with van der Waals surface area (Å²) in [4.78, 5) is 12.3. The molecule has 0 aliphatic rings. The lowest BCUT2D eigenvalue weighted by Crippen LogP contribution is -2.31. The first-order valence-corrected chi connectivity index (χ1v) is 7.43. The largest absolute Gasteiger partial charge is 0.495 e. The first kappa shape index (κ1) is 15.9. The van der Waals surface area contributed by atoms with Crippen LogP contribution in [0.3, 0.4) is 0 Å². The fourth-order valence-corrected chi connectivity index (χ4v) is 2.14. The van der Waals surface area contributed by atoms with Crippen LogP contribution in [-0.2, 0) is 11.2 Å². The van der Waals surface area contributed by atoms with Crippen LogP contribution < -0.4 is 15.4 Å². The van der Waals surface area contributed by atoms with Crippen molar-refractivity contribution < 1.29 is 9.53 Å². The number of para-hydroxylation sites is 2. The Kier molecular flexibility index (Phi) is 5.42. The summed E-state index contributed by atoms with van der Waals surface area (Å²) in [6.07, 6.45) is 1.00. The van der Waals surface area contributed by atoms with Gasteiger partial charge in [0, 0.05) is 5.69 Å². The number of benzene rings is 2. The van der Waals surface area contributed by atoms with Crippen LogP contribution in [0.2, 0.25) is 0 Å². The van der Waals surface area contributed by atoms with Crippen LogP contribution in [0.25, 0.3) is 0 Å². The Morgan fingerprint density at radius 2 is 1.82 bits per heavy atom. The molecule has 22 heavy (non-hydrogen) atoms. The molecule has 0 aliphatic heterocycles. The van der Waals surface area contributed by atoms with E-state index in [0.717, 1.165) is 12.1 Å². The quantitative estimate of drug-likeness (QED) is 0.855. The van der Waals surface area contributed by atoms with Gasteiger partial charge in [-0.25, -0.2) is 0 Å². The smallest absolute Gasteiger partial charge is 0.246 e. The number of aryl methyl sites for hydroxylation is 1. The van der Waals surface area contributed by atoms with Crippen molar-refractivity contribution in [2.75, 3.05) is 17.7 Å². The predicted octanol–water partition coefficient (Wildman–Crippen LogP) is 3.70. The van der Waals surface area contributed by atoms with Crippen LogP contribution >= 0.6 is 0 Å². The van der Waals surface area contributed by atoms with Gasteiger partial charge in [0.25, 0.3) is 0 Å². The number of hydrogen-bond donors (Lipinski definition) is 2. The summed E-state index contributed by atoms with van der Waals surface area (Å²) in [7, 11) is 1.59. The molecule has 0 saturated carbocycles. The van der Waals surface area contributed by atoms with E-state index in [9.17, 15) is 4.79 Å². The number of carbonyl (C=O) groups excluding carboxylic acids is 1. The summed E-state index contributed by atoms with van der Waals surface area (Å²) in [5.41, 5.74) is 2.88. The van der Waals surface area contributed by atoms with E-state index >= 15 is 0 Å². The van der Waals surface area contributed by atoms with Gasteiger partial charge in [-0.15, -0.1) is 0 Å². The minimum atomic E-state index is -0.350. The van der Waals surface area contributed by atoms with E-state index in [-0.39, 0.29) is 11.9 Å². The molecule has 1 atom stereocenters. The molecule has 1 amide bonds. The highest BCUT2D eigenvalue weighted by Crippen LogP contribution is 2.23. The highest BCUT2D eigenvalue weighted by molar-refractivity contribution is 5.97. The van der Waals surface area contributed by atoms with Crippen molar-refractivity contribution in [1.82, 2.24) is 0 Å². The number of methoxy groups -OCH3 is 1. The molecule has 0 saturated heterocycles. The van der Waals surface area contributed by atoms with Gasteiger partial charge in [-0.2, -0.15) is 0 Å². The number of carbonyl (C=O) groups is 1. The van der Waals surface area contributed by atoms with Crippen molar-refractivity contribution in [1.29, 1.82) is 0 Å². The second-order valence-electron chi connectivity index (χ2n) is 5.11. The normalized spacial score (nSPS) is 11.6. The molecule has 2 aromatic rings. The van der Waals surface area contributed by atoms with Crippen molar-refractivity contribution in [2.45, 2.75) is 26.3 Å². The monoisotopic (exact) mass is 298 g/mol. The van der Waals surface area contributed by atoms with Gasteiger partial charge >= 0.3 is 0 Å². The number of nitrogens with one attached hydrogen (secondary N) is 2. The number of anilines is 2. The van der Waals surface area contributed by atoms with Gasteiger partial charge in [0.05, 0.1) is 12.8 Å². The summed E-state index contributed by atoms with van der Waals surface area (Å²) >= 11 is 0. The molecule has 0 unspecified atom stereocenters. The molecule has 0 bridgehead atoms. The Morgan fingerprint density at radius 3 is 2.45 bits per heavy atom. The molecule has 0 spiro atoms. The lowest BCUT2D eigenvalue weighted by Gasteiger charge is -2.16. The van der Waals surface area contributed by atoms with E-state index < -0.39 is 0 Å². The Balaban J connectivity index is 1.99. The fraction of sp³-hybridized carbons (Fsp3) is 0.278. The third kappa shape index (κ3) is 4.01. The lowest BCUT2D eigenvalue weighted by atomic mass is 10.1. The molecule has 4 heteroatoms. The van der Waals surface area contributed by atoms with Crippen LogP contribution in [-0.4, -0.2) is 19.1 Å². The molecule has 2 rings (SSSR count). The maximum absolute atomic E-state index is 12.3. The Bertz CT molecular complexity index is 623. The number of ether oxygens (including phenoxy) is 1. The van der Waals surface area contributed by atoms with Crippen molar-refractivity contribution in [3.63, 3.8) is 0 Å². The van der Waals surface area contributed by atoms with E-state index in [1.807, 2.05) is 43.3 Å². The summed E-state index contributed by atoms with van der Waals surface area (Å²) in [6.45, 7) is 3.95. The topological polar surface area (TPSA) is 50.4 Å². The highest BCUT2D eigenvalue weighted by atomic mass is 16.5. The first-order chi connectivity index (χ1) is 10.6. The lowest BCUT2D eigenvalue weighted by molar-refractivity contribution is -0.116. The zero-order valence-corrected chi connectivity index (χ0v) is 13.2. The van der Waals surface area contributed by atoms with Gasteiger partial charge in [0.2, 0.25) is 5.91 Å². The second-order valence-corrected chi connectivity index (χ2v) is 5.11. The average molecular weight is 298 g/mol. The van der Waals surface area contributed by atoms with Gasteiger partial charge in [0.1, 0.15) is 11.8 Å². The summed E-state index contributed by atoms with van der Waals surface area (Å²) in [5, 5.41) is 6.08. The molecule has 4 nitrogen and oxygen atoms in total. The van der Waals surface area contributed by atoms with E-state index in [1.54, 1.807) is 7.11 Å². The van der Waals surface area contributed by atoms with Gasteiger partial charge in [-0.1, -0.05) is 31.2 Å². The highest BCUT2D eigenvalue weighted by Gasteiger charge is 2.14. The molecule has 0 aliphatic carbocycles. The van der Waals surface area contributed by atoms with Gasteiger partial charge < -0.3 is 15.4 Å². The van der Waals surface area contributed by atoms with Crippen LogP contribution in [0.1, 0.15) is 19.4 Å². The van der Waals surface area contributed by atoms with E-state index in [2.05, 4.69) is 29.7 Å². The van der Waals surface area contributed by atoms with E-state index in [4.69, 9.17) is 4.74 Å². The van der Waals surface area contributed by atoms with E-state index in [0.29, 0.717) is 11.4 Å². The number of amides is 1. The van der Waals surface area contributed by atoms with Crippen molar-refractivity contribution in [3.05, 3.63) is 54.1 Å². The predicted molar refractivity (Wildman–Crippen MR) is 90.5 cm³/mol. The van der Waals surface area contributed by atoms with Crippen LogP contribution in [0.15, 0.2) is 48.5 Å².